The van der Waals surface area contributed by atoms with Crippen LogP contribution in [0.5, 0.6) is 0 Å². The zero-order valence-corrected chi connectivity index (χ0v) is 4.31. The monoisotopic (exact) mass is 124 g/mol. The number of ether oxygens (including phenoxy) is 1. The number of alkyl halides is 2. The van der Waals surface area contributed by atoms with Crippen molar-refractivity contribution in [2.75, 3.05) is 13.1 Å². The first-order valence-electron chi connectivity index (χ1n) is 2.54. The Morgan fingerprint density at radius 2 is 2.12 bits per heavy atom. The summed E-state index contributed by atoms with van der Waals surface area (Å²) in [6.07, 6.45) is -0.199. The molecule has 48 valence electrons. The molecule has 0 aliphatic carbocycles. The molecule has 4 heteroatoms. The van der Waals surface area contributed by atoms with Crippen LogP contribution in [0.1, 0.15) is 0 Å². The Kier molecular flexibility index (Phi) is 1.75. The molecule has 0 bridgehead atoms. The molecule has 1 aliphatic rings. The molecule has 0 atom stereocenters. The number of halogens is 2. The van der Waals surface area contributed by atoms with E-state index in [0.717, 1.165) is 0 Å². The summed E-state index contributed by atoms with van der Waals surface area (Å²) in [6.45, 7) is -1.22. The molecule has 2 N–H and O–H groups in total. The highest BCUT2D eigenvalue weighted by Crippen LogP contribution is 2.00. The third kappa shape index (κ3) is 1.38. The first kappa shape index (κ1) is 5.91. The minimum absolute atomic E-state index is 0.199. The molecule has 0 aromatic carbocycles. The second-order valence-corrected chi connectivity index (χ2v) is 1.78. The topological polar surface area (TPSA) is 25.8 Å². The molecule has 8 heavy (non-hydrogen) atoms. The molecule has 0 unspecified atom stereocenters. The molecule has 0 aromatic rings. The predicted octanol–water partition coefficient (Wildman–Crippen LogP) is -0.829. The van der Waals surface area contributed by atoms with Crippen LogP contribution in [0.3, 0.4) is 0 Å². The maximum Gasteiger partial charge on any atom is 0.345 e. The highest BCUT2D eigenvalue weighted by Gasteiger charge is 2.25. The third-order valence-electron chi connectivity index (χ3n) is 1.15. The summed E-state index contributed by atoms with van der Waals surface area (Å²) in [6, 6.07) is 0. The van der Waals surface area contributed by atoms with Gasteiger partial charge in [0.2, 0.25) is 0 Å². The lowest BCUT2D eigenvalue weighted by Gasteiger charge is -2.21. The van der Waals surface area contributed by atoms with E-state index >= 15 is 0 Å². The van der Waals surface area contributed by atoms with Crippen LogP contribution in [-0.4, -0.2) is 25.8 Å². The SMILES string of the molecule is FC(F)OC1C[NH2+]C1. The molecule has 0 amide bonds. The van der Waals surface area contributed by atoms with Crippen molar-refractivity contribution >= 4 is 0 Å². The van der Waals surface area contributed by atoms with E-state index in [1.54, 1.807) is 0 Å². The van der Waals surface area contributed by atoms with E-state index < -0.39 is 6.61 Å². The normalized spacial score (nSPS) is 21.4. The van der Waals surface area contributed by atoms with Gasteiger partial charge in [-0.25, -0.2) is 0 Å². The molecular weight excluding hydrogens is 116 g/mol. The van der Waals surface area contributed by atoms with E-state index in [1.165, 1.54) is 0 Å². The first-order chi connectivity index (χ1) is 3.79. The largest absolute Gasteiger partial charge is 0.345 e. The molecule has 1 fully saturated rings. The molecule has 0 saturated carbocycles. The molecule has 1 saturated heterocycles. The van der Waals surface area contributed by atoms with Gasteiger partial charge in [0.15, 0.2) is 6.10 Å². The Labute approximate surface area is 45.8 Å². The van der Waals surface area contributed by atoms with Crippen LogP contribution < -0.4 is 5.32 Å². The van der Waals surface area contributed by atoms with Crippen molar-refractivity contribution in [3.63, 3.8) is 0 Å². The standard InChI is InChI=1S/C4H7F2NO/c5-4(6)8-3-1-7-2-3/h3-4,7H,1-2H2/p+1. The number of quaternary nitrogens is 1. The van der Waals surface area contributed by atoms with E-state index in [1.807, 2.05) is 5.32 Å². The Morgan fingerprint density at radius 1 is 1.50 bits per heavy atom. The van der Waals surface area contributed by atoms with E-state index in [4.69, 9.17) is 0 Å². The van der Waals surface area contributed by atoms with Crippen LogP contribution in [0.25, 0.3) is 0 Å². The summed E-state index contributed by atoms with van der Waals surface area (Å²) in [5.74, 6) is 0. The number of nitrogens with two attached hydrogens (primary N) is 1. The van der Waals surface area contributed by atoms with Crippen molar-refractivity contribution in [3.8, 4) is 0 Å². The molecule has 0 spiro atoms. The van der Waals surface area contributed by atoms with Crippen LogP contribution in [0, 0.1) is 0 Å². The summed E-state index contributed by atoms with van der Waals surface area (Å²) in [5.41, 5.74) is 0. The lowest BCUT2D eigenvalue weighted by Crippen LogP contribution is -2.98. The average molecular weight is 124 g/mol. The minimum Gasteiger partial charge on any atom is -0.342 e. The van der Waals surface area contributed by atoms with Crippen LogP contribution in [0.15, 0.2) is 0 Å². The van der Waals surface area contributed by atoms with Crippen molar-refractivity contribution in [1.82, 2.24) is 0 Å². The fourth-order valence-corrected chi connectivity index (χ4v) is 0.559. The molecular formula is C4H8F2NO+. The van der Waals surface area contributed by atoms with Crippen molar-refractivity contribution in [1.29, 1.82) is 0 Å². The molecule has 1 heterocycles. The van der Waals surface area contributed by atoms with Gasteiger partial charge in [-0.05, 0) is 0 Å². The van der Waals surface area contributed by atoms with Crippen molar-refractivity contribution < 1.29 is 18.8 Å². The van der Waals surface area contributed by atoms with Crippen LogP contribution >= 0.6 is 0 Å². The maximum absolute atomic E-state index is 11.3. The fourth-order valence-electron chi connectivity index (χ4n) is 0.559. The molecule has 2 nitrogen and oxygen atoms in total. The highest BCUT2D eigenvalue weighted by atomic mass is 19.3. The van der Waals surface area contributed by atoms with Gasteiger partial charge in [0.1, 0.15) is 13.1 Å². The van der Waals surface area contributed by atoms with Gasteiger partial charge in [0.25, 0.3) is 0 Å². The zero-order chi connectivity index (χ0) is 5.98. The smallest absolute Gasteiger partial charge is 0.342 e. The van der Waals surface area contributed by atoms with Gasteiger partial charge in [-0.15, -0.1) is 0 Å². The Hall–Kier alpha value is -0.220. The molecule has 0 radical (unpaired) electrons. The molecule has 1 rings (SSSR count). The Bertz CT molecular complexity index is 74.4. The van der Waals surface area contributed by atoms with E-state index in [2.05, 4.69) is 4.74 Å². The van der Waals surface area contributed by atoms with Crippen LogP contribution in [0.4, 0.5) is 8.78 Å². The summed E-state index contributed by atoms with van der Waals surface area (Å²) >= 11 is 0. The van der Waals surface area contributed by atoms with Crippen molar-refractivity contribution in [3.05, 3.63) is 0 Å². The Morgan fingerprint density at radius 3 is 2.25 bits per heavy atom. The van der Waals surface area contributed by atoms with Gasteiger partial charge < -0.3 is 10.1 Å². The maximum atomic E-state index is 11.3. The molecule has 1 aliphatic heterocycles. The lowest BCUT2D eigenvalue weighted by atomic mass is 10.2. The van der Waals surface area contributed by atoms with Crippen molar-refractivity contribution in [2.45, 2.75) is 12.7 Å². The summed E-state index contributed by atoms with van der Waals surface area (Å²) < 4.78 is 26.7. The van der Waals surface area contributed by atoms with E-state index in [0.29, 0.717) is 13.1 Å². The quantitative estimate of drug-likeness (QED) is 0.511. The van der Waals surface area contributed by atoms with Crippen LogP contribution in [-0.2, 0) is 4.74 Å². The van der Waals surface area contributed by atoms with E-state index in [-0.39, 0.29) is 6.10 Å². The minimum atomic E-state index is -2.59. The zero-order valence-electron chi connectivity index (χ0n) is 4.31. The van der Waals surface area contributed by atoms with Crippen LogP contribution in [0.2, 0.25) is 0 Å². The van der Waals surface area contributed by atoms with Gasteiger partial charge in [-0.2, -0.15) is 8.78 Å². The molecule has 0 aromatic heterocycles. The Balaban J connectivity index is 2.01. The second kappa shape index (κ2) is 2.37. The van der Waals surface area contributed by atoms with Gasteiger partial charge in [0, 0.05) is 0 Å². The lowest BCUT2D eigenvalue weighted by molar-refractivity contribution is -0.727. The van der Waals surface area contributed by atoms with Gasteiger partial charge in [-0.1, -0.05) is 0 Å². The predicted molar refractivity (Wildman–Crippen MR) is 22.5 cm³/mol. The second-order valence-electron chi connectivity index (χ2n) is 1.78. The van der Waals surface area contributed by atoms with E-state index in [9.17, 15) is 8.78 Å². The first-order valence-corrected chi connectivity index (χ1v) is 2.54. The van der Waals surface area contributed by atoms with Gasteiger partial charge in [0.05, 0.1) is 0 Å². The fraction of sp³-hybridized carbons (Fsp3) is 1.00. The van der Waals surface area contributed by atoms with Gasteiger partial charge in [-0.3, -0.25) is 0 Å². The number of hydrogen-bond acceptors (Lipinski definition) is 1. The summed E-state index contributed by atoms with van der Waals surface area (Å²) in [5, 5.41) is 1.92. The summed E-state index contributed by atoms with van der Waals surface area (Å²) in [7, 11) is 0. The van der Waals surface area contributed by atoms with Crippen molar-refractivity contribution in [2.24, 2.45) is 0 Å². The number of hydrogen-bond donors (Lipinski definition) is 1. The average Bonchev–Trinajstić information content (AvgIpc) is 1.55. The highest BCUT2D eigenvalue weighted by molar-refractivity contribution is 4.57. The van der Waals surface area contributed by atoms with Gasteiger partial charge >= 0.3 is 6.61 Å². The summed E-state index contributed by atoms with van der Waals surface area (Å²) in [4.78, 5) is 0. The third-order valence-corrected chi connectivity index (χ3v) is 1.15. The number of rotatable bonds is 2.